The standard InChI is InChI=1S/C13H10Cl2F2N4/c14-11-8(17)9-6(4-18-11)12(20-13(15)19-9)21-3-1-2-5-7(16)10(5)21/h4-5,7,10H,1-3H2/t5-,7-,10-/m1/s1. The molecular weight excluding hydrogens is 321 g/mol. The van der Waals surface area contributed by atoms with Crippen LogP contribution >= 0.6 is 23.2 Å². The van der Waals surface area contributed by atoms with Gasteiger partial charge < -0.3 is 4.90 Å². The molecule has 1 saturated carbocycles. The van der Waals surface area contributed by atoms with Crippen LogP contribution in [0.2, 0.25) is 10.4 Å². The molecule has 0 aromatic carbocycles. The number of halogens is 4. The Bertz CT molecular complexity index is 742. The van der Waals surface area contributed by atoms with Crippen molar-refractivity contribution in [1.82, 2.24) is 15.0 Å². The summed E-state index contributed by atoms with van der Waals surface area (Å²) in [5, 5.41) is 0.0485. The molecule has 2 aromatic rings. The number of hydrogen-bond acceptors (Lipinski definition) is 4. The van der Waals surface area contributed by atoms with E-state index in [4.69, 9.17) is 23.2 Å². The first kappa shape index (κ1) is 13.4. The zero-order valence-corrected chi connectivity index (χ0v) is 12.2. The molecule has 4 nitrogen and oxygen atoms in total. The van der Waals surface area contributed by atoms with Crippen molar-refractivity contribution in [2.75, 3.05) is 11.4 Å². The predicted molar refractivity (Wildman–Crippen MR) is 76.1 cm³/mol. The minimum Gasteiger partial charge on any atom is -0.350 e. The zero-order chi connectivity index (χ0) is 14.7. The Labute approximate surface area is 129 Å². The fourth-order valence-corrected chi connectivity index (χ4v) is 3.46. The van der Waals surface area contributed by atoms with Gasteiger partial charge in [0.15, 0.2) is 11.0 Å². The van der Waals surface area contributed by atoms with Crippen molar-refractivity contribution in [2.24, 2.45) is 5.92 Å². The molecule has 3 atom stereocenters. The van der Waals surface area contributed by atoms with E-state index in [1.54, 1.807) is 0 Å². The Hall–Kier alpha value is -1.27. The van der Waals surface area contributed by atoms with Gasteiger partial charge in [-0.3, -0.25) is 0 Å². The normalized spacial score (nSPS) is 27.8. The molecule has 0 N–H and O–H groups in total. The molecule has 4 rings (SSSR count). The van der Waals surface area contributed by atoms with Gasteiger partial charge >= 0.3 is 0 Å². The summed E-state index contributed by atoms with van der Waals surface area (Å²) < 4.78 is 27.9. The molecule has 0 unspecified atom stereocenters. The number of rotatable bonds is 1. The van der Waals surface area contributed by atoms with Gasteiger partial charge in [0.05, 0.1) is 11.4 Å². The fraction of sp³-hybridized carbons (Fsp3) is 0.462. The average molecular weight is 331 g/mol. The molecule has 2 aromatic heterocycles. The number of hydrogen-bond donors (Lipinski definition) is 0. The van der Waals surface area contributed by atoms with Crippen LogP contribution in [-0.2, 0) is 0 Å². The van der Waals surface area contributed by atoms with Gasteiger partial charge in [0.1, 0.15) is 17.5 Å². The van der Waals surface area contributed by atoms with E-state index >= 15 is 0 Å². The second-order valence-corrected chi connectivity index (χ2v) is 6.07. The number of piperidine rings is 1. The minimum absolute atomic E-state index is 0.0168. The van der Waals surface area contributed by atoms with Gasteiger partial charge in [0, 0.05) is 18.7 Å². The number of anilines is 1. The smallest absolute Gasteiger partial charge is 0.225 e. The minimum atomic E-state index is -0.860. The van der Waals surface area contributed by atoms with Crippen molar-refractivity contribution in [3.63, 3.8) is 0 Å². The number of pyridine rings is 1. The lowest BCUT2D eigenvalue weighted by Gasteiger charge is -2.28. The second kappa shape index (κ2) is 4.61. The van der Waals surface area contributed by atoms with Gasteiger partial charge in [-0.25, -0.2) is 18.7 Å². The van der Waals surface area contributed by atoms with Crippen LogP contribution in [0, 0.1) is 11.7 Å². The molecule has 2 fully saturated rings. The van der Waals surface area contributed by atoms with E-state index in [0.717, 1.165) is 12.8 Å². The lowest BCUT2D eigenvalue weighted by molar-refractivity contribution is 0.438. The summed E-state index contributed by atoms with van der Waals surface area (Å²) in [5.41, 5.74) is 0.0168. The molecule has 110 valence electrons. The lowest BCUT2D eigenvalue weighted by atomic mass is 10.1. The van der Waals surface area contributed by atoms with Gasteiger partial charge in [-0.2, -0.15) is 4.98 Å². The monoisotopic (exact) mass is 330 g/mol. The summed E-state index contributed by atoms with van der Waals surface area (Å²) >= 11 is 11.6. The molecule has 1 saturated heterocycles. The van der Waals surface area contributed by atoms with Crippen LogP contribution in [0.5, 0.6) is 0 Å². The molecule has 21 heavy (non-hydrogen) atoms. The lowest BCUT2D eigenvalue weighted by Crippen LogP contribution is -2.33. The Morgan fingerprint density at radius 3 is 2.90 bits per heavy atom. The predicted octanol–water partition coefficient (Wildman–Crippen LogP) is 3.41. The molecule has 8 heteroatoms. The molecular formula is C13H10Cl2F2N4. The summed E-state index contributed by atoms with van der Waals surface area (Å²) in [5.74, 6) is -0.267. The number of nitrogens with zero attached hydrogens (tertiary/aromatic N) is 4. The van der Waals surface area contributed by atoms with Gasteiger partial charge in [0.2, 0.25) is 5.28 Å². The van der Waals surface area contributed by atoms with Crippen LogP contribution in [0.25, 0.3) is 10.9 Å². The first-order valence-corrected chi connectivity index (χ1v) is 7.41. The van der Waals surface area contributed by atoms with Crippen molar-refractivity contribution >= 4 is 39.9 Å². The number of alkyl halides is 1. The Morgan fingerprint density at radius 1 is 1.29 bits per heavy atom. The van der Waals surface area contributed by atoms with Crippen molar-refractivity contribution in [2.45, 2.75) is 25.1 Å². The van der Waals surface area contributed by atoms with Crippen molar-refractivity contribution in [1.29, 1.82) is 0 Å². The van der Waals surface area contributed by atoms with E-state index in [1.165, 1.54) is 6.20 Å². The fourth-order valence-electron chi connectivity index (χ4n) is 3.15. The maximum atomic E-state index is 14.1. The largest absolute Gasteiger partial charge is 0.350 e. The van der Waals surface area contributed by atoms with Crippen molar-refractivity contribution in [3.05, 3.63) is 22.5 Å². The highest BCUT2D eigenvalue weighted by Gasteiger charge is 2.56. The van der Waals surface area contributed by atoms with E-state index in [2.05, 4.69) is 15.0 Å². The maximum absolute atomic E-state index is 14.1. The first-order valence-electron chi connectivity index (χ1n) is 6.66. The highest BCUT2D eigenvalue weighted by atomic mass is 35.5. The average Bonchev–Trinajstić information content (AvgIpc) is 3.14. The Kier molecular flexibility index (Phi) is 2.94. The highest BCUT2D eigenvalue weighted by Crippen LogP contribution is 2.48. The van der Waals surface area contributed by atoms with Crippen LogP contribution in [0.3, 0.4) is 0 Å². The van der Waals surface area contributed by atoms with Gasteiger partial charge in [-0.05, 0) is 24.4 Å². The first-order chi connectivity index (χ1) is 10.1. The van der Waals surface area contributed by atoms with Gasteiger partial charge in [-0.1, -0.05) is 11.6 Å². The molecule has 0 amide bonds. The van der Waals surface area contributed by atoms with E-state index in [-0.39, 0.29) is 27.9 Å². The molecule has 1 aliphatic heterocycles. The zero-order valence-electron chi connectivity index (χ0n) is 10.7. The molecule has 3 heterocycles. The third kappa shape index (κ3) is 1.96. The van der Waals surface area contributed by atoms with Crippen molar-refractivity contribution < 1.29 is 8.78 Å². The maximum Gasteiger partial charge on any atom is 0.225 e. The van der Waals surface area contributed by atoms with Gasteiger partial charge in [0.25, 0.3) is 0 Å². The third-order valence-corrected chi connectivity index (χ3v) is 4.63. The highest BCUT2D eigenvalue weighted by molar-refractivity contribution is 6.30. The molecule has 2 aliphatic rings. The van der Waals surface area contributed by atoms with E-state index in [9.17, 15) is 8.78 Å². The number of fused-ring (bicyclic) bond motifs is 2. The Morgan fingerprint density at radius 2 is 2.10 bits per heavy atom. The topological polar surface area (TPSA) is 41.9 Å². The van der Waals surface area contributed by atoms with E-state index in [1.807, 2.05) is 4.90 Å². The van der Waals surface area contributed by atoms with E-state index in [0.29, 0.717) is 17.7 Å². The van der Waals surface area contributed by atoms with Crippen LogP contribution in [0.4, 0.5) is 14.6 Å². The summed E-state index contributed by atoms with van der Waals surface area (Å²) in [4.78, 5) is 13.7. The van der Waals surface area contributed by atoms with Crippen LogP contribution in [0.15, 0.2) is 6.20 Å². The summed E-state index contributed by atoms with van der Waals surface area (Å²) in [6.45, 7) is 0.661. The number of aromatic nitrogens is 3. The van der Waals surface area contributed by atoms with Crippen molar-refractivity contribution in [3.8, 4) is 0 Å². The molecule has 1 aliphatic carbocycles. The van der Waals surface area contributed by atoms with Crippen LogP contribution < -0.4 is 4.90 Å². The van der Waals surface area contributed by atoms with E-state index < -0.39 is 12.0 Å². The SMILES string of the molecule is Fc1c(Cl)ncc2c(N3CCC[C@@H]4[C@@H](F)[C@@H]43)nc(Cl)nc12. The second-order valence-electron chi connectivity index (χ2n) is 5.38. The Balaban J connectivity index is 1.90. The summed E-state index contributed by atoms with van der Waals surface area (Å²) in [6, 6.07) is -0.202. The third-order valence-electron chi connectivity index (χ3n) is 4.20. The quantitative estimate of drug-likeness (QED) is 0.593. The summed E-state index contributed by atoms with van der Waals surface area (Å²) in [7, 11) is 0. The molecule has 0 spiro atoms. The summed E-state index contributed by atoms with van der Waals surface area (Å²) in [6.07, 6.45) is 2.29. The van der Waals surface area contributed by atoms with Crippen LogP contribution in [0.1, 0.15) is 12.8 Å². The van der Waals surface area contributed by atoms with Crippen LogP contribution in [-0.4, -0.2) is 33.7 Å². The molecule has 0 bridgehead atoms. The molecule has 0 radical (unpaired) electrons. The van der Waals surface area contributed by atoms with Gasteiger partial charge in [-0.15, -0.1) is 0 Å².